The lowest BCUT2D eigenvalue weighted by atomic mass is 9.99. The van der Waals surface area contributed by atoms with Crippen LogP contribution < -0.4 is 0 Å². The molecular formula is C26H17NO2S. The van der Waals surface area contributed by atoms with Crippen LogP contribution >= 0.6 is 0 Å². The maximum atomic E-state index is 13.9. The average molecular weight is 407 g/mol. The number of hydrogen-bond donors (Lipinski definition) is 0. The molecule has 0 saturated carbocycles. The van der Waals surface area contributed by atoms with Gasteiger partial charge in [0.05, 0.1) is 15.9 Å². The molecule has 1 aromatic heterocycles. The molecule has 0 amide bonds. The Labute approximate surface area is 173 Å². The van der Waals surface area contributed by atoms with E-state index in [9.17, 15) is 8.42 Å². The maximum absolute atomic E-state index is 13.9. The van der Waals surface area contributed by atoms with Crippen LogP contribution in [0.2, 0.25) is 0 Å². The quantitative estimate of drug-likeness (QED) is 0.314. The van der Waals surface area contributed by atoms with Gasteiger partial charge in [-0.15, -0.1) is 0 Å². The van der Waals surface area contributed by atoms with Gasteiger partial charge in [0.25, 0.3) is 10.0 Å². The van der Waals surface area contributed by atoms with Gasteiger partial charge in [-0.25, -0.2) is 12.4 Å². The molecule has 3 nitrogen and oxygen atoms in total. The molecule has 0 aliphatic carbocycles. The second-order valence-corrected chi connectivity index (χ2v) is 9.23. The Bertz CT molecular complexity index is 1700. The van der Waals surface area contributed by atoms with Crippen LogP contribution in [0.4, 0.5) is 0 Å². The molecule has 0 bridgehead atoms. The standard InChI is InChI=1S/C26H17NO2S/c28-30(29,20-9-2-1-3-10-20)27-24-13-7-6-12-22(24)23-17-16-19-15-14-18-8-4-5-11-21(18)25(19)26(23)27/h1-17H. The summed E-state index contributed by atoms with van der Waals surface area (Å²) >= 11 is 0. The van der Waals surface area contributed by atoms with Crippen LogP contribution in [0.25, 0.3) is 43.4 Å². The van der Waals surface area contributed by atoms with Crippen LogP contribution in [0.1, 0.15) is 0 Å². The van der Waals surface area contributed by atoms with Crippen molar-refractivity contribution in [1.82, 2.24) is 3.97 Å². The predicted molar refractivity (Wildman–Crippen MR) is 123 cm³/mol. The molecule has 0 aliphatic heterocycles. The van der Waals surface area contributed by atoms with E-state index in [1.165, 1.54) is 3.97 Å². The van der Waals surface area contributed by atoms with Gasteiger partial charge in [-0.05, 0) is 34.4 Å². The number of aromatic nitrogens is 1. The van der Waals surface area contributed by atoms with Gasteiger partial charge >= 0.3 is 0 Å². The van der Waals surface area contributed by atoms with Gasteiger partial charge in [0, 0.05) is 16.2 Å². The minimum absolute atomic E-state index is 0.282. The van der Waals surface area contributed by atoms with Gasteiger partial charge in [0.1, 0.15) is 0 Å². The number of fused-ring (bicyclic) bond motifs is 7. The minimum atomic E-state index is -3.79. The molecule has 144 valence electrons. The van der Waals surface area contributed by atoms with Crippen molar-refractivity contribution >= 4 is 53.4 Å². The Hall–Kier alpha value is -3.63. The number of nitrogens with zero attached hydrogens (tertiary/aromatic N) is 1. The maximum Gasteiger partial charge on any atom is 0.268 e. The highest BCUT2D eigenvalue weighted by atomic mass is 32.2. The first-order chi connectivity index (χ1) is 14.7. The minimum Gasteiger partial charge on any atom is -0.233 e. The molecular weight excluding hydrogens is 390 g/mol. The molecule has 1 heterocycles. The molecule has 0 unspecified atom stereocenters. The summed E-state index contributed by atoms with van der Waals surface area (Å²) < 4.78 is 29.3. The molecule has 6 rings (SSSR count). The highest BCUT2D eigenvalue weighted by Crippen LogP contribution is 2.39. The van der Waals surface area contributed by atoms with E-state index in [4.69, 9.17) is 0 Å². The molecule has 4 heteroatoms. The van der Waals surface area contributed by atoms with E-state index in [2.05, 4.69) is 30.3 Å². The first-order valence-electron chi connectivity index (χ1n) is 9.80. The Balaban J connectivity index is 1.93. The normalized spacial score (nSPS) is 12.3. The first kappa shape index (κ1) is 17.2. The molecule has 30 heavy (non-hydrogen) atoms. The SMILES string of the molecule is O=S(=O)(c1ccccc1)n1c2ccccc2c2ccc3ccc4ccccc4c3c21. The summed E-state index contributed by atoms with van der Waals surface area (Å²) in [6.45, 7) is 0. The van der Waals surface area contributed by atoms with Crippen molar-refractivity contribution < 1.29 is 8.42 Å². The van der Waals surface area contributed by atoms with E-state index < -0.39 is 10.0 Å². The van der Waals surface area contributed by atoms with Crippen LogP contribution in [0.5, 0.6) is 0 Å². The third kappa shape index (κ3) is 2.28. The van der Waals surface area contributed by atoms with E-state index >= 15 is 0 Å². The Kier molecular flexibility index (Phi) is 3.55. The summed E-state index contributed by atoms with van der Waals surface area (Å²) in [6, 6.07) is 32.8. The van der Waals surface area contributed by atoms with Crippen LogP contribution in [-0.2, 0) is 10.0 Å². The van der Waals surface area contributed by atoms with Crippen molar-refractivity contribution in [2.24, 2.45) is 0 Å². The fourth-order valence-corrected chi connectivity index (χ4v) is 6.01. The smallest absolute Gasteiger partial charge is 0.233 e. The van der Waals surface area contributed by atoms with Crippen molar-refractivity contribution in [3.05, 3.63) is 103 Å². The van der Waals surface area contributed by atoms with E-state index in [1.807, 2.05) is 48.5 Å². The predicted octanol–water partition coefficient (Wildman–Crippen LogP) is 6.34. The van der Waals surface area contributed by atoms with Crippen molar-refractivity contribution in [3.63, 3.8) is 0 Å². The van der Waals surface area contributed by atoms with Gasteiger partial charge in [0.2, 0.25) is 0 Å². The van der Waals surface area contributed by atoms with E-state index in [0.29, 0.717) is 5.52 Å². The molecule has 0 radical (unpaired) electrons. The lowest BCUT2D eigenvalue weighted by molar-refractivity contribution is 0.590. The summed E-state index contributed by atoms with van der Waals surface area (Å²) in [5.41, 5.74) is 1.42. The first-order valence-corrected chi connectivity index (χ1v) is 11.2. The van der Waals surface area contributed by atoms with Gasteiger partial charge in [-0.1, -0.05) is 84.9 Å². The highest BCUT2D eigenvalue weighted by Gasteiger charge is 2.24. The third-order valence-electron chi connectivity index (χ3n) is 5.78. The largest absolute Gasteiger partial charge is 0.268 e. The van der Waals surface area contributed by atoms with Crippen molar-refractivity contribution in [2.75, 3.05) is 0 Å². The Morgan fingerprint density at radius 3 is 2.00 bits per heavy atom. The monoisotopic (exact) mass is 407 g/mol. The van der Waals surface area contributed by atoms with Crippen LogP contribution in [-0.4, -0.2) is 12.4 Å². The molecule has 5 aromatic carbocycles. The molecule has 0 atom stereocenters. The summed E-state index contributed by atoms with van der Waals surface area (Å²) in [7, 11) is -3.79. The fourth-order valence-electron chi connectivity index (χ4n) is 4.45. The van der Waals surface area contributed by atoms with E-state index in [0.717, 1.165) is 37.8 Å². The Morgan fingerprint density at radius 2 is 1.17 bits per heavy atom. The van der Waals surface area contributed by atoms with E-state index in [-0.39, 0.29) is 4.90 Å². The summed E-state index contributed by atoms with van der Waals surface area (Å²) in [5, 5.41) is 5.99. The number of hydrogen-bond acceptors (Lipinski definition) is 2. The number of benzene rings is 5. The second kappa shape index (κ2) is 6.18. The van der Waals surface area contributed by atoms with Crippen molar-refractivity contribution in [2.45, 2.75) is 4.90 Å². The van der Waals surface area contributed by atoms with Crippen LogP contribution in [0, 0.1) is 0 Å². The van der Waals surface area contributed by atoms with E-state index in [1.54, 1.807) is 24.3 Å². The zero-order valence-corrected chi connectivity index (χ0v) is 16.8. The average Bonchev–Trinajstić information content (AvgIpc) is 3.14. The molecule has 0 N–H and O–H groups in total. The van der Waals surface area contributed by atoms with Gasteiger partial charge in [-0.3, -0.25) is 0 Å². The topological polar surface area (TPSA) is 39.1 Å². The summed E-state index contributed by atoms with van der Waals surface area (Å²) in [6.07, 6.45) is 0. The van der Waals surface area contributed by atoms with Gasteiger partial charge in [0.15, 0.2) is 0 Å². The third-order valence-corrected chi connectivity index (χ3v) is 7.51. The molecule has 6 aromatic rings. The van der Waals surface area contributed by atoms with Crippen LogP contribution in [0.3, 0.4) is 0 Å². The van der Waals surface area contributed by atoms with Gasteiger partial charge < -0.3 is 0 Å². The summed E-state index contributed by atoms with van der Waals surface area (Å²) in [5.74, 6) is 0. The molecule has 0 saturated heterocycles. The Morgan fingerprint density at radius 1 is 0.533 bits per heavy atom. The lowest BCUT2D eigenvalue weighted by Crippen LogP contribution is -2.12. The lowest BCUT2D eigenvalue weighted by Gasteiger charge is -2.12. The zero-order valence-electron chi connectivity index (χ0n) is 16.0. The van der Waals surface area contributed by atoms with Crippen LogP contribution in [0.15, 0.2) is 108 Å². The zero-order chi connectivity index (χ0) is 20.3. The molecule has 0 aliphatic rings. The van der Waals surface area contributed by atoms with Gasteiger partial charge in [-0.2, -0.15) is 0 Å². The van der Waals surface area contributed by atoms with Crippen molar-refractivity contribution in [1.29, 1.82) is 0 Å². The molecule has 0 spiro atoms. The highest BCUT2D eigenvalue weighted by molar-refractivity contribution is 7.90. The number of para-hydroxylation sites is 1. The summed E-state index contributed by atoms with van der Waals surface area (Å²) in [4.78, 5) is 0.282. The van der Waals surface area contributed by atoms with Crippen molar-refractivity contribution in [3.8, 4) is 0 Å². The second-order valence-electron chi connectivity index (χ2n) is 7.45. The number of rotatable bonds is 2. The molecule has 0 fully saturated rings. The fraction of sp³-hybridized carbons (Fsp3) is 0.